The minimum Gasteiger partial charge on any atom is -0.494 e. The van der Waals surface area contributed by atoms with Crippen LogP contribution < -0.4 is 9.64 Å². The number of halogens is 1. The van der Waals surface area contributed by atoms with Crippen LogP contribution >= 0.6 is 0 Å². The van der Waals surface area contributed by atoms with Crippen LogP contribution in [0.4, 0.5) is 10.1 Å². The molecule has 0 saturated carbocycles. The fourth-order valence-electron chi connectivity index (χ4n) is 1.90. The highest BCUT2D eigenvalue weighted by molar-refractivity contribution is 5.97. The first-order chi connectivity index (χ1) is 8.15. The van der Waals surface area contributed by atoms with Crippen molar-refractivity contribution in [2.75, 3.05) is 18.6 Å². The van der Waals surface area contributed by atoms with Gasteiger partial charge in [0.15, 0.2) is 0 Å². The van der Waals surface area contributed by atoms with Crippen molar-refractivity contribution in [1.29, 1.82) is 5.26 Å². The van der Waals surface area contributed by atoms with Gasteiger partial charge in [-0.15, -0.1) is 0 Å². The highest BCUT2D eigenvalue weighted by Gasteiger charge is 2.32. The van der Waals surface area contributed by atoms with Gasteiger partial charge in [-0.05, 0) is 12.1 Å². The van der Waals surface area contributed by atoms with Gasteiger partial charge >= 0.3 is 0 Å². The second-order valence-corrected chi connectivity index (χ2v) is 3.85. The summed E-state index contributed by atoms with van der Waals surface area (Å²) in [5.41, 5.74) is 0.511. The van der Waals surface area contributed by atoms with E-state index in [9.17, 15) is 9.18 Å². The molecule has 5 heteroatoms. The molecule has 17 heavy (non-hydrogen) atoms. The summed E-state index contributed by atoms with van der Waals surface area (Å²) in [5, 5.41) is 8.80. The third kappa shape index (κ3) is 2.07. The maximum Gasteiger partial charge on any atom is 0.228 e. The minimum atomic E-state index is -0.422. The number of nitrogens with zero attached hydrogens (tertiary/aromatic N) is 2. The number of carbonyl (C=O) groups is 1. The lowest BCUT2D eigenvalue weighted by atomic mass is 10.1. The van der Waals surface area contributed by atoms with E-state index >= 15 is 0 Å². The van der Waals surface area contributed by atoms with Gasteiger partial charge in [0.2, 0.25) is 5.91 Å². The van der Waals surface area contributed by atoms with Crippen LogP contribution in [0.5, 0.6) is 5.75 Å². The molecule has 0 radical (unpaired) electrons. The van der Waals surface area contributed by atoms with Crippen LogP contribution in [0.3, 0.4) is 0 Å². The Morgan fingerprint density at radius 2 is 2.35 bits per heavy atom. The van der Waals surface area contributed by atoms with Crippen LogP contribution in [-0.4, -0.2) is 19.6 Å². The normalized spacial score (nSPS) is 19.2. The van der Waals surface area contributed by atoms with Crippen molar-refractivity contribution in [3.8, 4) is 11.8 Å². The third-order valence-corrected chi connectivity index (χ3v) is 2.74. The quantitative estimate of drug-likeness (QED) is 0.782. The molecule has 1 unspecified atom stereocenters. The van der Waals surface area contributed by atoms with E-state index in [1.807, 2.05) is 0 Å². The number of anilines is 1. The number of hydrogen-bond donors (Lipinski definition) is 0. The number of nitriles is 1. The second-order valence-electron chi connectivity index (χ2n) is 3.85. The standard InChI is InChI=1S/C12H11FN2O2/c1-17-11-5-9(13)2-3-10(11)15-7-8(6-14)4-12(15)16/h2-3,5,8H,4,7H2,1H3. The summed E-state index contributed by atoms with van der Waals surface area (Å²) in [6.45, 7) is 0.331. The Hall–Kier alpha value is -2.09. The van der Waals surface area contributed by atoms with Crippen molar-refractivity contribution < 1.29 is 13.9 Å². The molecule has 0 N–H and O–H groups in total. The first kappa shape index (κ1) is 11.4. The van der Waals surface area contributed by atoms with Gasteiger partial charge in [0.25, 0.3) is 0 Å². The summed E-state index contributed by atoms with van der Waals surface area (Å²) >= 11 is 0. The molecule has 1 aromatic rings. The first-order valence-corrected chi connectivity index (χ1v) is 5.19. The van der Waals surface area contributed by atoms with Gasteiger partial charge in [0.1, 0.15) is 11.6 Å². The number of ether oxygens (including phenoxy) is 1. The molecule has 1 fully saturated rings. The van der Waals surface area contributed by atoms with E-state index in [0.717, 1.165) is 0 Å². The second kappa shape index (κ2) is 4.42. The van der Waals surface area contributed by atoms with E-state index in [1.165, 1.54) is 30.2 Å². The van der Waals surface area contributed by atoms with Gasteiger partial charge < -0.3 is 9.64 Å². The first-order valence-electron chi connectivity index (χ1n) is 5.19. The smallest absolute Gasteiger partial charge is 0.228 e. The number of rotatable bonds is 2. The van der Waals surface area contributed by atoms with Gasteiger partial charge in [-0.25, -0.2) is 4.39 Å². The highest BCUT2D eigenvalue weighted by atomic mass is 19.1. The van der Waals surface area contributed by atoms with E-state index in [4.69, 9.17) is 10.00 Å². The van der Waals surface area contributed by atoms with Crippen LogP contribution in [0, 0.1) is 23.1 Å². The summed E-state index contributed by atoms with van der Waals surface area (Å²) in [4.78, 5) is 13.2. The predicted molar refractivity (Wildman–Crippen MR) is 59.0 cm³/mol. The Morgan fingerprint density at radius 1 is 1.59 bits per heavy atom. The van der Waals surface area contributed by atoms with E-state index in [0.29, 0.717) is 18.0 Å². The molecule has 0 spiro atoms. The average Bonchev–Trinajstić information content (AvgIpc) is 2.70. The van der Waals surface area contributed by atoms with Crippen molar-refractivity contribution in [2.24, 2.45) is 5.92 Å². The van der Waals surface area contributed by atoms with Gasteiger partial charge in [-0.2, -0.15) is 5.26 Å². The van der Waals surface area contributed by atoms with Crippen molar-refractivity contribution in [3.05, 3.63) is 24.0 Å². The molecule has 0 aromatic heterocycles. The fourth-order valence-corrected chi connectivity index (χ4v) is 1.90. The Kier molecular flexibility index (Phi) is 2.96. The topological polar surface area (TPSA) is 53.3 Å². The number of carbonyl (C=O) groups excluding carboxylic acids is 1. The molecule has 1 saturated heterocycles. The SMILES string of the molecule is COc1cc(F)ccc1N1CC(C#N)CC1=O. The van der Waals surface area contributed by atoms with E-state index < -0.39 is 5.82 Å². The number of benzene rings is 1. The van der Waals surface area contributed by atoms with Crippen molar-refractivity contribution in [1.82, 2.24) is 0 Å². The van der Waals surface area contributed by atoms with Gasteiger partial charge in [0.05, 0.1) is 24.8 Å². The molecule has 1 aliphatic heterocycles. The Morgan fingerprint density at radius 3 is 2.94 bits per heavy atom. The predicted octanol–water partition coefficient (Wildman–Crippen LogP) is 1.71. The lowest BCUT2D eigenvalue weighted by Gasteiger charge is -2.18. The van der Waals surface area contributed by atoms with Crippen LogP contribution in [0.1, 0.15) is 6.42 Å². The lowest BCUT2D eigenvalue weighted by molar-refractivity contribution is -0.117. The van der Waals surface area contributed by atoms with Gasteiger partial charge in [-0.1, -0.05) is 0 Å². The summed E-state index contributed by atoms with van der Waals surface area (Å²) in [5.74, 6) is -0.565. The van der Waals surface area contributed by atoms with Crippen LogP contribution in [0.25, 0.3) is 0 Å². The lowest BCUT2D eigenvalue weighted by Crippen LogP contribution is -2.24. The zero-order valence-corrected chi connectivity index (χ0v) is 9.31. The van der Waals surface area contributed by atoms with E-state index in [1.54, 1.807) is 0 Å². The summed E-state index contributed by atoms with van der Waals surface area (Å²) in [6.07, 6.45) is 0.205. The van der Waals surface area contributed by atoms with Crippen molar-refractivity contribution in [3.63, 3.8) is 0 Å². The molecular weight excluding hydrogens is 223 g/mol. The van der Waals surface area contributed by atoms with Crippen LogP contribution in [-0.2, 0) is 4.79 Å². The molecule has 2 rings (SSSR count). The molecule has 1 atom stereocenters. The van der Waals surface area contributed by atoms with Crippen LogP contribution in [0.15, 0.2) is 18.2 Å². The van der Waals surface area contributed by atoms with Crippen molar-refractivity contribution >= 4 is 11.6 Å². The minimum absolute atomic E-state index is 0.138. The molecule has 1 aromatic carbocycles. The summed E-state index contributed by atoms with van der Waals surface area (Å²) in [7, 11) is 1.42. The zero-order valence-electron chi connectivity index (χ0n) is 9.31. The highest BCUT2D eigenvalue weighted by Crippen LogP contribution is 2.33. The van der Waals surface area contributed by atoms with Gasteiger partial charge in [-0.3, -0.25) is 4.79 Å². The molecule has 4 nitrogen and oxygen atoms in total. The summed E-state index contributed by atoms with van der Waals surface area (Å²) < 4.78 is 18.1. The molecular formula is C12H11FN2O2. The number of methoxy groups -OCH3 is 1. The summed E-state index contributed by atoms with van der Waals surface area (Å²) in [6, 6.07) is 6.05. The Labute approximate surface area is 98.2 Å². The molecule has 88 valence electrons. The van der Waals surface area contributed by atoms with E-state index in [-0.39, 0.29) is 18.2 Å². The zero-order chi connectivity index (χ0) is 12.4. The largest absolute Gasteiger partial charge is 0.494 e. The molecule has 0 bridgehead atoms. The van der Waals surface area contributed by atoms with Crippen molar-refractivity contribution in [2.45, 2.75) is 6.42 Å². The third-order valence-electron chi connectivity index (χ3n) is 2.74. The Balaban J connectivity index is 2.35. The monoisotopic (exact) mass is 234 g/mol. The molecule has 0 aliphatic carbocycles. The average molecular weight is 234 g/mol. The fraction of sp³-hybridized carbons (Fsp3) is 0.333. The number of hydrogen-bond acceptors (Lipinski definition) is 3. The molecule has 1 amide bonds. The van der Waals surface area contributed by atoms with Crippen LogP contribution in [0.2, 0.25) is 0 Å². The van der Waals surface area contributed by atoms with E-state index in [2.05, 4.69) is 6.07 Å². The maximum absolute atomic E-state index is 13.0. The molecule has 1 aliphatic rings. The maximum atomic E-state index is 13.0. The Bertz CT molecular complexity index is 496. The van der Waals surface area contributed by atoms with Gasteiger partial charge in [0, 0.05) is 19.0 Å². The number of amides is 1. The molecule has 1 heterocycles.